The summed E-state index contributed by atoms with van der Waals surface area (Å²) in [5.74, 6) is -1.57. The summed E-state index contributed by atoms with van der Waals surface area (Å²) in [6.07, 6.45) is 4.74. The predicted molar refractivity (Wildman–Crippen MR) is 99.5 cm³/mol. The monoisotopic (exact) mass is 376 g/mol. The number of carbonyl (C=O) groups is 1. The third-order valence-electron chi connectivity index (χ3n) is 8.24. The largest absolute Gasteiger partial charge is 0.392 e. The maximum atomic E-state index is 16.9. The summed E-state index contributed by atoms with van der Waals surface area (Å²) in [4.78, 5) is 12.8. The molecule has 4 rings (SSSR count). The molecule has 3 N–H and O–H groups in total. The van der Waals surface area contributed by atoms with Crippen molar-refractivity contribution in [3.8, 4) is 0 Å². The van der Waals surface area contributed by atoms with Gasteiger partial charge in [-0.2, -0.15) is 0 Å². The highest BCUT2D eigenvalue weighted by atomic mass is 19.1. The zero-order valence-corrected chi connectivity index (χ0v) is 16.0. The van der Waals surface area contributed by atoms with Crippen LogP contribution in [-0.2, 0) is 4.79 Å². The molecule has 3 fully saturated rings. The zero-order valence-electron chi connectivity index (χ0n) is 16.0. The van der Waals surface area contributed by atoms with E-state index in [1.165, 1.54) is 0 Å². The van der Waals surface area contributed by atoms with Gasteiger partial charge in [0, 0.05) is 11.3 Å². The van der Waals surface area contributed by atoms with Crippen LogP contribution < -0.4 is 0 Å². The first-order valence-electron chi connectivity index (χ1n) is 9.91. The molecule has 4 aliphatic carbocycles. The van der Waals surface area contributed by atoms with Crippen molar-refractivity contribution < 1.29 is 24.5 Å². The van der Waals surface area contributed by atoms with E-state index >= 15 is 4.39 Å². The van der Waals surface area contributed by atoms with E-state index in [4.69, 9.17) is 0 Å². The minimum Gasteiger partial charge on any atom is -0.392 e. The number of ketones is 1. The van der Waals surface area contributed by atoms with E-state index in [1.807, 2.05) is 26.0 Å². The van der Waals surface area contributed by atoms with Crippen molar-refractivity contribution in [1.29, 1.82) is 0 Å². The second-order valence-corrected chi connectivity index (χ2v) is 9.30. The number of fused-ring (bicyclic) bond motifs is 5. The quantitative estimate of drug-likeness (QED) is 0.692. The summed E-state index contributed by atoms with van der Waals surface area (Å²) >= 11 is 0. The number of rotatable bonds is 2. The van der Waals surface area contributed by atoms with Gasteiger partial charge in [0.2, 0.25) is 0 Å². The van der Waals surface area contributed by atoms with Crippen LogP contribution in [0.3, 0.4) is 0 Å². The maximum Gasteiger partial charge on any atom is 0.167 e. The van der Waals surface area contributed by atoms with Crippen LogP contribution in [0, 0.1) is 28.6 Å². The van der Waals surface area contributed by atoms with E-state index in [2.05, 4.69) is 6.58 Å². The Hall–Kier alpha value is -1.30. The van der Waals surface area contributed by atoms with Crippen LogP contribution in [0.4, 0.5) is 4.39 Å². The third kappa shape index (κ3) is 2.11. The first-order valence-corrected chi connectivity index (χ1v) is 9.91. The molecule has 0 aromatic carbocycles. The summed E-state index contributed by atoms with van der Waals surface area (Å²) in [6, 6.07) is 0. The molecule has 4 aliphatic rings. The van der Waals surface area contributed by atoms with Gasteiger partial charge in [-0.25, -0.2) is 4.39 Å². The molecule has 3 saturated carbocycles. The first-order chi connectivity index (χ1) is 12.6. The smallest absolute Gasteiger partial charge is 0.167 e. The number of aliphatic hydroxyl groups is 3. The number of hydrogen-bond donors (Lipinski definition) is 3. The number of carbonyl (C=O) groups excluding carboxylic acids is 1. The molecule has 0 spiro atoms. The van der Waals surface area contributed by atoms with Gasteiger partial charge < -0.3 is 15.3 Å². The van der Waals surface area contributed by atoms with Crippen LogP contribution in [-0.4, -0.2) is 45.6 Å². The molecule has 8 atom stereocenters. The average molecular weight is 376 g/mol. The molecule has 0 amide bonds. The van der Waals surface area contributed by atoms with E-state index in [0.29, 0.717) is 19.3 Å². The summed E-state index contributed by atoms with van der Waals surface area (Å²) < 4.78 is 16.9. The molecule has 5 heteroatoms. The number of Topliss-reactive ketones (excluding diaryl/α,β-unsaturated/α-hetero) is 1. The average Bonchev–Trinajstić information content (AvgIpc) is 2.88. The Morgan fingerprint density at radius 1 is 1.37 bits per heavy atom. The van der Waals surface area contributed by atoms with Crippen molar-refractivity contribution in [3.63, 3.8) is 0 Å². The molecule has 148 valence electrons. The van der Waals surface area contributed by atoms with Crippen molar-refractivity contribution in [2.24, 2.45) is 28.6 Å². The summed E-state index contributed by atoms with van der Waals surface area (Å²) in [6.45, 7) is 6.94. The molecular formula is C22H29FO4. The minimum absolute atomic E-state index is 0.146. The van der Waals surface area contributed by atoms with Crippen molar-refractivity contribution >= 4 is 5.78 Å². The van der Waals surface area contributed by atoms with Gasteiger partial charge in [0.15, 0.2) is 11.5 Å². The number of allylic oxidation sites excluding steroid dienone is 5. The fraction of sp³-hybridized carbons (Fsp3) is 0.682. The summed E-state index contributed by atoms with van der Waals surface area (Å²) in [7, 11) is 0. The highest BCUT2D eigenvalue weighted by Gasteiger charge is 2.73. The molecule has 0 bridgehead atoms. The van der Waals surface area contributed by atoms with Gasteiger partial charge in [0.05, 0.1) is 17.6 Å². The van der Waals surface area contributed by atoms with Gasteiger partial charge in [-0.15, -0.1) is 0 Å². The number of halogens is 1. The molecule has 27 heavy (non-hydrogen) atoms. The lowest BCUT2D eigenvalue weighted by Crippen LogP contribution is -2.68. The van der Waals surface area contributed by atoms with Gasteiger partial charge in [-0.3, -0.25) is 4.79 Å². The Morgan fingerprint density at radius 3 is 2.74 bits per heavy atom. The van der Waals surface area contributed by atoms with E-state index < -0.39 is 47.0 Å². The van der Waals surface area contributed by atoms with E-state index in [9.17, 15) is 20.1 Å². The van der Waals surface area contributed by atoms with Crippen LogP contribution >= 0.6 is 0 Å². The minimum atomic E-state index is -1.91. The Balaban J connectivity index is 1.86. The Bertz CT molecular complexity index is 757. The van der Waals surface area contributed by atoms with Gasteiger partial charge in [-0.1, -0.05) is 37.3 Å². The highest BCUT2D eigenvalue weighted by Crippen LogP contribution is 2.68. The van der Waals surface area contributed by atoms with Gasteiger partial charge in [-0.05, 0) is 50.0 Å². The van der Waals surface area contributed by atoms with Crippen LogP contribution in [0.5, 0.6) is 0 Å². The molecule has 4 nitrogen and oxygen atoms in total. The Kier molecular flexibility index (Phi) is 4.12. The topological polar surface area (TPSA) is 77.8 Å². The third-order valence-corrected chi connectivity index (χ3v) is 8.24. The number of alkyl halides is 1. The Labute approximate surface area is 159 Å². The summed E-state index contributed by atoms with van der Waals surface area (Å²) in [5.41, 5.74) is -2.37. The molecule has 0 radical (unpaired) electrons. The highest BCUT2D eigenvalue weighted by molar-refractivity contribution is 5.87. The van der Waals surface area contributed by atoms with Crippen LogP contribution in [0.15, 0.2) is 36.0 Å². The zero-order chi connectivity index (χ0) is 19.8. The summed E-state index contributed by atoms with van der Waals surface area (Å²) in [5, 5.41) is 31.5. The molecule has 0 aromatic heterocycles. The standard InChI is InChI=1S/C22H29FO4/c1-12-6-7-20(3)14(8-12)4-5-15-16-9-13(2)19(27)21(16,18(26)11-24)10-17(25)22(15,20)23/h6-8,13,15-17,19,24-25,27H,1,4-5,9-11H2,2-3H3/t13-,15+,16+,17+,19-,20+,21+,22+/m1/s1. The van der Waals surface area contributed by atoms with Crippen molar-refractivity contribution in [2.45, 2.75) is 57.4 Å². The van der Waals surface area contributed by atoms with Crippen molar-refractivity contribution in [2.75, 3.05) is 6.61 Å². The van der Waals surface area contributed by atoms with E-state index in [0.717, 1.165) is 11.1 Å². The fourth-order valence-corrected chi connectivity index (χ4v) is 6.86. The normalized spacial score (nSPS) is 51.3. The van der Waals surface area contributed by atoms with Crippen molar-refractivity contribution in [3.05, 3.63) is 36.0 Å². The molecule has 0 aliphatic heterocycles. The second-order valence-electron chi connectivity index (χ2n) is 9.30. The van der Waals surface area contributed by atoms with Gasteiger partial charge >= 0.3 is 0 Å². The van der Waals surface area contributed by atoms with Crippen LogP contribution in [0.1, 0.15) is 39.5 Å². The number of hydrogen-bond acceptors (Lipinski definition) is 4. The lowest BCUT2D eigenvalue weighted by molar-refractivity contribution is -0.206. The molecule has 0 unspecified atom stereocenters. The predicted octanol–water partition coefficient (Wildman–Crippen LogP) is 2.49. The Morgan fingerprint density at radius 2 is 2.07 bits per heavy atom. The van der Waals surface area contributed by atoms with Gasteiger partial charge in [0.25, 0.3) is 0 Å². The first kappa shape index (κ1) is 19.0. The van der Waals surface area contributed by atoms with E-state index in [1.54, 1.807) is 6.08 Å². The number of aliphatic hydroxyl groups excluding tert-OH is 3. The lowest BCUT2D eigenvalue weighted by atomic mass is 9.45. The van der Waals surface area contributed by atoms with Gasteiger partial charge in [0.1, 0.15) is 6.61 Å². The van der Waals surface area contributed by atoms with Crippen LogP contribution in [0.25, 0.3) is 0 Å². The molecular weight excluding hydrogens is 347 g/mol. The van der Waals surface area contributed by atoms with E-state index in [-0.39, 0.29) is 18.3 Å². The van der Waals surface area contributed by atoms with Crippen LogP contribution in [0.2, 0.25) is 0 Å². The molecule has 0 saturated heterocycles. The second kappa shape index (κ2) is 5.85. The lowest BCUT2D eigenvalue weighted by Gasteiger charge is -2.61. The SMILES string of the molecule is C=C1C=C[C@@]2(C)C(=C1)CC[C@H]1[C@@H]3C[C@@H](C)[C@@H](O)[C@@]3(C(=O)CO)C[C@H](O)[C@@]12F. The molecule has 0 heterocycles. The molecule has 0 aromatic rings. The maximum absolute atomic E-state index is 16.9. The fourth-order valence-electron chi connectivity index (χ4n) is 6.86. The van der Waals surface area contributed by atoms with Crippen molar-refractivity contribution in [1.82, 2.24) is 0 Å².